The van der Waals surface area contributed by atoms with E-state index in [2.05, 4.69) is 36.9 Å². The molecule has 0 unspecified atom stereocenters. The van der Waals surface area contributed by atoms with E-state index in [0.29, 0.717) is 6.54 Å². The van der Waals surface area contributed by atoms with Crippen LogP contribution in [0.1, 0.15) is 11.6 Å². The Morgan fingerprint density at radius 2 is 1.88 bits per heavy atom. The third-order valence-corrected chi connectivity index (χ3v) is 3.92. The maximum absolute atomic E-state index is 4.47. The van der Waals surface area contributed by atoms with Crippen molar-refractivity contribution < 1.29 is 0 Å². The average Bonchev–Trinajstić information content (AvgIpc) is 3.16. The fraction of sp³-hybridized carbons (Fsp3) is 0.105. The lowest BCUT2D eigenvalue weighted by atomic mass is 10.1. The molecular weight excluding hydrogens is 326 g/mol. The van der Waals surface area contributed by atoms with Crippen LogP contribution in [-0.2, 0) is 6.54 Å². The zero-order valence-electron chi connectivity index (χ0n) is 14.2. The smallest absolute Gasteiger partial charge is 0.175 e. The van der Waals surface area contributed by atoms with Gasteiger partial charge in [-0.2, -0.15) is 4.68 Å². The van der Waals surface area contributed by atoms with E-state index < -0.39 is 0 Å². The summed E-state index contributed by atoms with van der Waals surface area (Å²) in [5.41, 5.74) is 3.83. The largest absolute Gasteiger partial charge is 0.378 e. The highest BCUT2D eigenvalue weighted by Gasteiger charge is 2.08. The minimum Gasteiger partial charge on any atom is -0.378 e. The van der Waals surface area contributed by atoms with Crippen LogP contribution in [0.3, 0.4) is 0 Å². The second-order valence-electron chi connectivity index (χ2n) is 5.77. The minimum absolute atomic E-state index is 0.508. The van der Waals surface area contributed by atoms with Crippen LogP contribution < -0.4 is 5.32 Å². The highest BCUT2D eigenvalue weighted by molar-refractivity contribution is 5.64. The zero-order valence-corrected chi connectivity index (χ0v) is 14.2. The first-order valence-electron chi connectivity index (χ1n) is 8.26. The first-order chi connectivity index (χ1) is 12.8. The van der Waals surface area contributed by atoms with E-state index in [-0.39, 0.29) is 0 Å². The van der Waals surface area contributed by atoms with E-state index in [0.717, 1.165) is 34.3 Å². The van der Waals surface area contributed by atoms with Crippen LogP contribution >= 0.6 is 0 Å². The van der Waals surface area contributed by atoms with Gasteiger partial charge in [-0.1, -0.05) is 30.3 Å². The Kier molecular flexibility index (Phi) is 4.34. The van der Waals surface area contributed by atoms with Crippen molar-refractivity contribution in [2.24, 2.45) is 0 Å². The number of tetrazole rings is 1. The monoisotopic (exact) mass is 343 g/mol. The van der Waals surface area contributed by atoms with Crippen molar-refractivity contribution in [3.8, 4) is 16.9 Å². The highest BCUT2D eigenvalue weighted by atomic mass is 15.5. The van der Waals surface area contributed by atoms with Gasteiger partial charge in [-0.15, -0.1) is 5.10 Å². The van der Waals surface area contributed by atoms with Gasteiger partial charge >= 0.3 is 0 Å². The first-order valence-corrected chi connectivity index (χ1v) is 8.26. The Bertz CT molecular complexity index is 1010. The number of hydrogen-bond donors (Lipinski definition) is 1. The molecule has 2 heterocycles. The molecule has 7 nitrogen and oxygen atoms in total. The maximum atomic E-state index is 4.47. The molecule has 2 aromatic heterocycles. The number of benzene rings is 2. The summed E-state index contributed by atoms with van der Waals surface area (Å²) in [7, 11) is 0. The summed E-state index contributed by atoms with van der Waals surface area (Å²) in [6.07, 6.45) is 1.77. The normalized spacial score (nSPS) is 10.7. The molecule has 0 saturated carbocycles. The lowest BCUT2D eigenvalue weighted by Crippen LogP contribution is -2.08. The molecule has 1 N–H and O–H groups in total. The molecule has 0 atom stereocenters. The lowest BCUT2D eigenvalue weighted by molar-refractivity contribution is 0.768. The van der Waals surface area contributed by atoms with Crippen molar-refractivity contribution in [1.29, 1.82) is 0 Å². The summed E-state index contributed by atoms with van der Waals surface area (Å²) in [6.45, 7) is 2.39. The summed E-state index contributed by atoms with van der Waals surface area (Å²) >= 11 is 0. The number of para-hydroxylation sites is 1. The second kappa shape index (κ2) is 7.10. The molecule has 2 aromatic carbocycles. The molecule has 128 valence electrons. The molecule has 0 aliphatic heterocycles. The summed E-state index contributed by atoms with van der Waals surface area (Å²) < 4.78 is 1.73. The van der Waals surface area contributed by atoms with Crippen LogP contribution in [0.5, 0.6) is 0 Å². The highest BCUT2D eigenvalue weighted by Crippen LogP contribution is 2.21. The van der Waals surface area contributed by atoms with Crippen LogP contribution in [0, 0.1) is 6.92 Å². The summed E-state index contributed by atoms with van der Waals surface area (Å²) in [6, 6.07) is 19.8. The van der Waals surface area contributed by atoms with E-state index in [1.807, 2.05) is 61.5 Å². The molecule has 0 bridgehead atoms. The predicted molar refractivity (Wildman–Crippen MR) is 98.7 cm³/mol. The maximum Gasteiger partial charge on any atom is 0.175 e. The van der Waals surface area contributed by atoms with Crippen LogP contribution in [-0.4, -0.2) is 30.2 Å². The first kappa shape index (κ1) is 15.9. The van der Waals surface area contributed by atoms with Gasteiger partial charge in [0.05, 0.1) is 17.9 Å². The number of anilines is 1. The van der Waals surface area contributed by atoms with Crippen LogP contribution in [0.2, 0.25) is 0 Å². The molecule has 0 radical (unpaired) electrons. The van der Waals surface area contributed by atoms with E-state index in [4.69, 9.17) is 0 Å². The quantitative estimate of drug-likeness (QED) is 0.600. The fourth-order valence-electron chi connectivity index (χ4n) is 2.67. The number of rotatable bonds is 5. The third kappa shape index (κ3) is 3.41. The van der Waals surface area contributed by atoms with Gasteiger partial charge in [-0.25, -0.2) is 9.97 Å². The average molecular weight is 343 g/mol. The molecule has 0 saturated heterocycles. The van der Waals surface area contributed by atoms with Gasteiger partial charge in [-0.05, 0) is 47.7 Å². The van der Waals surface area contributed by atoms with Crippen LogP contribution in [0.15, 0.2) is 66.9 Å². The second-order valence-corrected chi connectivity index (χ2v) is 5.77. The van der Waals surface area contributed by atoms with Crippen molar-refractivity contribution in [2.45, 2.75) is 13.5 Å². The van der Waals surface area contributed by atoms with Gasteiger partial charge in [0.15, 0.2) is 5.82 Å². The van der Waals surface area contributed by atoms with Gasteiger partial charge in [0.2, 0.25) is 0 Å². The number of nitrogens with one attached hydrogen (secondary N) is 1. The summed E-state index contributed by atoms with van der Waals surface area (Å²) in [4.78, 5) is 8.62. The topological polar surface area (TPSA) is 81.4 Å². The van der Waals surface area contributed by atoms with E-state index in [1.165, 1.54) is 0 Å². The van der Waals surface area contributed by atoms with Gasteiger partial charge in [-0.3, -0.25) is 0 Å². The van der Waals surface area contributed by atoms with E-state index >= 15 is 0 Å². The molecular formula is C19H17N7. The Morgan fingerprint density at radius 1 is 1.00 bits per heavy atom. The molecule has 0 amide bonds. The number of hydrogen-bond acceptors (Lipinski definition) is 6. The van der Waals surface area contributed by atoms with Crippen molar-refractivity contribution in [2.75, 3.05) is 5.32 Å². The van der Waals surface area contributed by atoms with E-state index in [1.54, 1.807) is 10.9 Å². The molecule has 0 fully saturated rings. The molecule has 4 aromatic rings. The summed E-state index contributed by atoms with van der Waals surface area (Å²) in [5, 5.41) is 15.4. The number of aromatic nitrogens is 6. The van der Waals surface area contributed by atoms with E-state index in [9.17, 15) is 0 Å². The molecule has 0 aliphatic rings. The molecule has 0 aliphatic carbocycles. The van der Waals surface area contributed by atoms with Gasteiger partial charge in [0, 0.05) is 17.4 Å². The number of nitrogens with zero attached hydrogens (tertiary/aromatic N) is 6. The minimum atomic E-state index is 0.508. The van der Waals surface area contributed by atoms with Crippen molar-refractivity contribution >= 4 is 5.69 Å². The van der Waals surface area contributed by atoms with Crippen molar-refractivity contribution in [3.63, 3.8) is 0 Å². The van der Waals surface area contributed by atoms with Crippen LogP contribution in [0.4, 0.5) is 5.69 Å². The Morgan fingerprint density at radius 3 is 2.73 bits per heavy atom. The van der Waals surface area contributed by atoms with Gasteiger partial charge in [0.1, 0.15) is 5.82 Å². The van der Waals surface area contributed by atoms with Gasteiger partial charge in [0.25, 0.3) is 0 Å². The Hall–Kier alpha value is -3.61. The molecule has 4 rings (SSSR count). The standard InChI is InChI=1S/C19H17N7/c1-14-20-11-10-18(22-14)15-6-5-7-16(12-15)21-13-19-23-24-25-26(19)17-8-3-2-4-9-17/h2-12,21H,13H2,1H3. The lowest BCUT2D eigenvalue weighted by Gasteiger charge is -2.09. The Labute approximate surface area is 150 Å². The van der Waals surface area contributed by atoms with Crippen molar-refractivity contribution in [1.82, 2.24) is 30.2 Å². The Balaban J connectivity index is 1.53. The third-order valence-electron chi connectivity index (χ3n) is 3.92. The van der Waals surface area contributed by atoms with Gasteiger partial charge < -0.3 is 5.32 Å². The number of aryl methyl sites for hydroxylation is 1. The van der Waals surface area contributed by atoms with Crippen LogP contribution in [0.25, 0.3) is 16.9 Å². The molecule has 26 heavy (non-hydrogen) atoms. The van der Waals surface area contributed by atoms with Crippen molar-refractivity contribution in [3.05, 3.63) is 78.5 Å². The SMILES string of the molecule is Cc1nccc(-c2cccc(NCc3nnnn3-c3ccccc3)c2)n1. The zero-order chi connectivity index (χ0) is 17.8. The predicted octanol–water partition coefficient (Wildman–Crippen LogP) is 3.04. The summed E-state index contributed by atoms with van der Waals surface area (Å²) in [5.74, 6) is 1.49. The fourth-order valence-corrected chi connectivity index (χ4v) is 2.67. The molecule has 0 spiro atoms. The molecule has 7 heteroatoms.